The normalized spacial score (nSPS) is 13.3. The Morgan fingerprint density at radius 3 is 2.33 bits per heavy atom. The molecule has 2 amide bonds. The predicted molar refractivity (Wildman–Crippen MR) is 51.5 cm³/mol. The zero-order valence-corrected chi connectivity index (χ0v) is 8.81. The average Bonchev–Trinajstić information content (AvgIpc) is 2.08. The van der Waals surface area contributed by atoms with Gasteiger partial charge in [-0.25, -0.2) is 0 Å². The Balaban J connectivity index is 3.89. The fraction of sp³-hybridized carbons (Fsp3) is 0.667. The van der Waals surface area contributed by atoms with Crippen molar-refractivity contribution in [2.75, 3.05) is 6.29 Å². The van der Waals surface area contributed by atoms with Gasteiger partial charge in [-0.1, -0.05) is 0 Å². The summed E-state index contributed by atoms with van der Waals surface area (Å²) < 4.78 is 10.4. The summed E-state index contributed by atoms with van der Waals surface area (Å²) >= 11 is 0. The number of nitrogens with one attached hydrogen (secondary N) is 1. The highest BCUT2D eigenvalue weighted by molar-refractivity contribution is 7.51. The third kappa shape index (κ3) is 8.07. The quantitative estimate of drug-likeness (QED) is 0.332. The van der Waals surface area contributed by atoms with Crippen LogP contribution < -0.4 is 16.8 Å². The van der Waals surface area contributed by atoms with E-state index >= 15 is 0 Å². The van der Waals surface area contributed by atoms with Crippen LogP contribution in [0.1, 0.15) is 12.8 Å². The molecule has 0 aromatic rings. The number of hydrogen-bond acceptors (Lipinski definition) is 4. The molecule has 1 atom stereocenters. The maximum absolute atomic E-state index is 11.1. The number of carbonyl (C=O) groups excluding carboxylic acids is 2. The monoisotopic (exact) mass is 239 g/mol. The van der Waals surface area contributed by atoms with Crippen molar-refractivity contribution < 1.29 is 23.9 Å². The Kier molecular flexibility index (Phi) is 5.45. The summed E-state index contributed by atoms with van der Waals surface area (Å²) in [7, 11) is -4.28. The van der Waals surface area contributed by atoms with Gasteiger partial charge in [0.2, 0.25) is 11.8 Å². The van der Waals surface area contributed by atoms with Gasteiger partial charge in [0.05, 0.1) is 6.04 Å². The summed E-state index contributed by atoms with van der Waals surface area (Å²) in [6.45, 7) is 0. The lowest BCUT2D eigenvalue weighted by Crippen LogP contribution is -2.41. The fourth-order valence-corrected chi connectivity index (χ4v) is 1.10. The summed E-state index contributed by atoms with van der Waals surface area (Å²) in [4.78, 5) is 38.3. The van der Waals surface area contributed by atoms with E-state index in [1.807, 2.05) is 5.32 Å². The first-order chi connectivity index (χ1) is 6.72. The molecule has 15 heavy (non-hydrogen) atoms. The first-order valence-electron chi connectivity index (χ1n) is 4.08. The molecule has 8 nitrogen and oxygen atoms in total. The second-order valence-corrected chi connectivity index (χ2v) is 4.62. The van der Waals surface area contributed by atoms with Crippen LogP contribution in [0.25, 0.3) is 0 Å². The Morgan fingerprint density at radius 2 is 1.93 bits per heavy atom. The van der Waals surface area contributed by atoms with Crippen molar-refractivity contribution in [2.45, 2.75) is 18.9 Å². The summed E-state index contributed by atoms with van der Waals surface area (Å²) in [5.74, 6) is -1.31. The Hall–Kier alpha value is -0.950. The minimum absolute atomic E-state index is 0.0440. The van der Waals surface area contributed by atoms with Crippen LogP contribution in [0.5, 0.6) is 0 Å². The molecule has 0 aromatic carbocycles. The maximum Gasteiger partial charge on any atom is 0.344 e. The first-order valence-corrected chi connectivity index (χ1v) is 5.88. The number of amides is 2. The molecule has 7 N–H and O–H groups in total. The predicted octanol–water partition coefficient (Wildman–Crippen LogP) is -2.17. The van der Waals surface area contributed by atoms with Crippen LogP contribution >= 0.6 is 7.60 Å². The fourth-order valence-electron chi connectivity index (χ4n) is 0.741. The minimum atomic E-state index is -4.28. The molecule has 9 heteroatoms. The van der Waals surface area contributed by atoms with E-state index in [4.69, 9.17) is 21.3 Å². The molecule has 88 valence electrons. The zero-order chi connectivity index (χ0) is 12.1. The Morgan fingerprint density at radius 1 is 1.40 bits per heavy atom. The van der Waals surface area contributed by atoms with E-state index in [0.717, 1.165) is 0 Å². The second kappa shape index (κ2) is 5.82. The molecule has 0 bridgehead atoms. The topological polar surface area (TPSA) is 156 Å². The third-order valence-electron chi connectivity index (χ3n) is 1.50. The molecular formula is C6H14N3O5P. The second-order valence-electron chi connectivity index (χ2n) is 2.98. The molecule has 0 aliphatic heterocycles. The molecule has 0 radical (unpaired) electrons. The smallest absolute Gasteiger partial charge is 0.344 e. The van der Waals surface area contributed by atoms with Gasteiger partial charge in [0.15, 0.2) is 0 Å². The van der Waals surface area contributed by atoms with Crippen molar-refractivity contribution in [1.82, 2.24) is 5.32 Å². The van der Waals surface area contributed by atoms with Gasteiger partial charge in [-0.2, -0.15) is 0 Å². The number of nitrogens with two attached hydrogens (primary N) is 2. The highest BCUT2D eigenvalue weighted by Gasteiger charge is 2.18. The summed E-state index contributed by atoms with van der Waals surface area (Å²) in [6.07, 6.45) is -0.775. The van der Waals surface area contributed by atoms with Gasteiger partial charge in [-0.3, -0.25) is 14.2 Å². The molecule has 0 rings (SSSR count). The zero-order valence-electron chi connectivity index (χ0n) is 7.92. The lowest BCUT2D eigenvalue weighted by Gasteiger charge is -2.11. The van der Waals surface area contributed by atoms with Crippen molar-refractivity contribution in [2.24, 2.45) is 11.5 Å². The molecule has 0 fully saturated rings. The van der Waals surface area contributed by atoms with Gasteiger partial charge in [0.1, 0.15) is 6.29 Å². The van der Waals surface area contributed by atoms with Gasteiger partial charge in [-0.05, 0) is 6.42 Å². The molecule has 0 aliphatic rings. The molecule has 0 saturated heterocycles. The largest absolute Gasteiger partial charge is 0.370 e. The van der Waals surface area contributed by atoms with Crippen LogP contribution in [0.15, 0.2) is 0 Å². The van der Waals surface area contributed by atoms with Crippen molar-refractivity contribution in [1.29, 1.82) is 0 Å². The van der Waals surface area contributed by atoms with E-state index in [1.165, 1.54) is 0 Å². The lowest BCUT2D eigenvalue weighted by molar-refractivity contribution is -0.122. The maximum atomic E-state index is 11.1. The van der Waals surface area contributed by atoms with Crippen molar-refractivity contribution >= 4 is 19.4 Å². The van der Waals surface area contributed by atoms with Crippen LogP contribution in [0.4, 0.5) is 0 Å². The summed E-state index contributed by atoms with van der Waals surface area (Å²) in [6, 6.07) is -0.996. The Labute approximate surface area is 86.2 Å². The molecular weight excluding hydrogens is 225 g/mol. The van der Waals surface area contributed by atoms with Gasteiger partial charge in [0.25, 0.3) is 0 Å². The van der Waals surface area contributed by atoms with E-state index in [1.54, 1.807) is 0 Å². The summed E-state index contributed by atoms with van der Waals surface area (Å²) in [5.41, 5.74) is 10.2. The van der Waals surface area contributed by atoms with E-state index in [-0.39, 0.29) is 12.8 Å². The SMILES string of the molecule is NC(=O)CC[C@H](N)C(=O)NCP(=O)(O)O. The third-order valence-corrected chi connectivity index (χ3v) is 2.07. The molecule has 0 heterocycles. The van der Waals surface area contributed by atoms with Gasteiger partial charge in [-0.15, -0.1) is 0 Å². The number of carbonyl (C=O) groups is 2. The molecule has 0 unspecified atom stereocenters. The standard InChI is InChI=1S/C6H14N3O5P/c7-4(1-2-5(8)10)6(11)9-3-15(12,13)14/h4H,1-3,7H2,(H2,8,10)(H,9,11)(H2,12,13,14)/t4-/m0/s1. The van der Waals surface area contributed by atoms with E-state index in [2.05, 4.69) is 0 Å². The number of rotatable bonds is 6. The lowest BCUT2D eigenvalue weighted by atomic mass is 10.1. The molecule has 0 spiro atoms. The van der Waals surface area contributed by atoms with Gasteiger partial charge in [0, 0.05) is 6.42 Å². The summed E-state index contributed by atoms with van der Waals surface area (Å²) in [5, 5.41) is 1.97. The van der Waals surface area contributed by atoms with Crippen LogP contribution in [0, 0.1) is 0 Å². The van der Waals surface area contributed by atoms with Gasteiger partial charge < -0.3 is 26.6 Å². The van der Waals surface area contributed by atoms with Gasteiger partial charge >= 0.3 is 7.60 Å². The highest BCUT2D eigenvalue weighted by Crippen LogP contribution is 2.31. The van der Waals surface area contributed by atoms with Crippen molar-refractivity contribution in [3.8, 4) is 0 Å². The molecule has 0 aromatic heterocycles. The molecule has 0 saturated carbocycles. The first kappa shape index (κ1) is 14.1. The minimum Gasteiger partial charge on any atom is -0.370 e. The van der Waals surface area contributed by atoms with Crippen LogP contribution in [0.3, 0.4) is 0 Å². The van der Waals surface area contributed by atoms with E-state index in [0.29, 0.717) is 0 Å². The number of hydrogen-bond donors (Lipinski definition) is 5. The Bertz CT molecular complexity index is 288. The van der Waals surface area contributed by atoms with Crippen molar-refractivity contribution in [3.63, 3.8) is 0 Å². The molecule has 0 aliphatic carbocycles. The number of primary amides is 1. The van der Waals surface area contributed by atoms with Crippen molar-refractivity contribution in [3.05, 3.63) is 0 Å². The van der Waals surface area contributed by atoms with Crippen LogP contribution in [-0.4, -0.2) is 33.9 Å². The van der Waals surface area contributed by atoms with E-state index in [9.17, 15) is 14.2 Å². The highest BCUT2D eigenvalue weighted by atomic mass is 31.2. The van der Waals surface area contributed by atoms with Crippen LogP contribution in [-0.2, 0) is 14.2 Å². The average molecular weight is 239 g/mol. The van der Waals surface area contributed by atoms with E-state index < -0.39 is 31.7 Å². The van der Waals surface area contributed by atoms with Crippen LogP contribution in [0.2, 0.25) is 0 Å².